The fourth-order valence-corrected chi connectivity index (χ4v) is 4.84. The molecule has 2 aliphatic heterocycles. The number of nitrogens with zero attached hydrogens (tertiary/aromatic N) is 2. The zero-order valence-electron chi connectivity index (χ0n) is 13.1. The smallest absolute Gasteiger partial charge is 0.255 e. The minimum Gasteiger partial charge on any atom is -0.378 e. The standard InChI is InChI=1S/C15H17ClN2O5S/c1-10-9-24(21,22)18(14(10)19)11-2-3-13(16)12(8-11)15(20)17-4-6-23-7-5-17/h2-3,8,10H,4-7,9H2,1H3. The van der Waals surface area contributed by atoms with Crippen molar-refractivity contribution < 1.29 is 22.7 Å². The highest BCUT2D eigenvalue weighted by Crippen LogP contribution is 2.31. The number of hydrogen-bond acceptors (Lipinski definition) is 5. The highest BCUT2D eigenvalue weighted by atomic mass is 35.5. The predicted octanol–water partition coefficient (Wildman–Crippen LogP) is 1.12. The summed E-state index contributed by atoms with van der Waals surface area (Å²) in [5, 5.41) is 0.215. The molecule has 1 atom stereocenters. The average Bonchev–Trinajstić information content (AvgIpc) is 2.76. The van der Waals surface area contributed by atoms with Crippen LogP contribution >= 0.6 is 11.6 Å². The van der Waals surface area contributed by atoms with Crippen molar-refractivity contribution in [2.75, 3.05) is 36.4 Å². The molecule has 3 rings (SSSR count). The summed E-state index contributed by atoms with van der Waals surface area (Å²) >= 11 is 6.12. The van der Waals surface area contributed by atoms with Crippen LogP contribution in [-0.2, 0) is 19.6 Å². The minimum atomic E-state index is -3.72. The Labute approximate surface area is 145 Å². The van der Waals surface area contributed by atoms with Crippen molar-refractivity contribution in [3.8, 4) is 0 Å². The zero-order valence-corrected chi connectivity index (χ0v) is 14.6. The number of carbonyl (C=O) groups excluding carboxylic acids is 2. The van der Waals surface area contributed by atoms with Crippen LogP contribution in [0.1, 0.15) is 17.3 Å². The molecule has 2 heterocycles. The maximum absolute atomic E-state index is 12.6. The van der Waals surface area contributed by atoms with Crippen LogP contribution in [0.3, 0.4) is 0 Å². The first kappa shape index (κ1) is 17.2. The second-order valence-electron chi connectivity index (χ2n) is 5.85. The van der Waals surface area contributed by atoms with Crippen LogP contribution in [-0.4, -0.2) is 57.2 Å². The van der Waals surface area contributed by atoms with Crippen LogP contribution in [0.4, 0.5) is 5.69 Å². The summed E-state index contributed by atoms with van der Waals surface area (Å²) in [7, 11) is -3.72. The first-order valence-electron chi connectivity index (χ1n) is 7.54. The summed E-state index contributed by atoms with van der Waals surface area (Å²) < 4.78 is 30.4. The van der Waals surface area contributed by atoms with Gasteiger partial charge >= 0.3 is 0 Å². The van der Waals surface area contributed by atoms with Crippen LogP contribution in [0.25, 0.3) is 0 Å². The van der Waals surface area contributed by atoms with E-state index in [-0.39, 0.29) is 27.9 Å². The summed E-state index contributed by atoms with van der Waals surface area (Å²) in [5.74, 6) is -1.64. The molecule has 1 aromatic carbocycles. The molecule has 2 saturated heterocycles. The summed E-state index contributed by atoms with van der Waals surface area (Å²) in [4.78, 5) is 26.4. The maximum Gasteiger partial charge on any atom is 0.255 e. The molecule has 0 spiro atoms. The van der Waals surface area contributed by atoms with Crippen LogP contribution in [0.15, 0.2) is 18.2 Å². The summed E-state index contributed by atoms with van der Waals surface area (Å²) in [6.07, 6.45) is 0. The van der Waals surface area contributed by atoms with Gasteiger partial charge in [0.1, 0.15) is 0 Å². The monoisotopic (exact) mass is 372 g/mol. The molecular formula is C15H17ClN2O5S. The second kappa shape index (κ2) is 6.34. The molecule has 0 bridgehead atoms. The van der Waals surface area contributed by atoms with Crippen molar-refractivity contribution in [2.45, 2.75) is 6.92 Å². The molecule has 0 radical (unpaired) electrons. The SMILES string of the molecule is CC1CS(=O)(=O)N(c2ccc(Cl)c(C(=O)N3CCOCC3)c2)C1=O. The minimum absolute atomic E-state index is 0.144. The molecule has 1 unspecified atom stereocenters. The van der Waals surface area contributed by atoms with E-state index in [1.54, 1.807) is 11.8 Å². The molecule has 2 amide bonds. The number of rotatable bonds is 2. The molecule has 1 aromatic rings. The van der Waals surface area contributed by atoms with Gasteiger partial charge in [-0.3, -0.25) is 9.59 Å². The molecule has 130 valence electrons. The first-order valence-corrected chi connectivity index (χ1v) is 9.53. The Morgan fingerprint density at radius 2 is 1.96 bits per heavy atom. The van der Waals surface area contributed by atoms with Crippen molar-refractivity contribution >= 4 is 39.1 Å². The predicted molar refractivity (Wildman–Crippen MR) is 88.6 cm³/mol. The van der Waals surface area contributed by atoms with Gasteiger partial charge in [-0.25, -0.2) is 12.7 Å². The lowest BCUT2D eigenvalue weighted by Crippen LogP contribution is -2.41. The van der Waals surface area contributed by atoms with E-state index in [0.717, 1.165) is 4.31 Å². The number of amides is 2. The molecule has 2 fully saturated rings. The highest BCUT2D eigenvalue weighted by Gasteiger charge is 2.42. The van der Waals surface area contributed by atoms with Gasteiger partial charge < -0.3 is 9.64 Å². The Balaban J connectivity index is 1.97. The quantitative estimate of drug-likeness (QED) is 0.776. The van der Waals surface area contributed by atoms with Gasteiger partial charge in [-0.05, 0) is 18.2 Å². The molecule has 9 heteroatoms. The van der Waals surface area contributed by atoms with Crippen LogP contribution in [0.2, 0.25) is 5.02 Å². The fourth-order valence-electron chi connectivity index (χ4n) is 2.83. The summed E-state index contributed by atoms with van der Waals surface area (Å²) in [5.41, 5.74) is 0.323. The molecule has 0 N–H and O–H groups in total. The third kappa shape index (κ3) is 3.01. The molecule has 0 saturated carbocycles. The van der Waals surface area contributed by atoms with Crippen LogP contribution < -0.4 is 4.31 Å². The van der Waals surface area contributed by atoms with Gasteiger partial charge in [-0.15, -0.1) is 0 Å². The van der Waals surface area contributed by atoms with E-state index in [2.05, 4.69) is 0 Å². The van der Waals surface area contributed by atoms with Gasteiger partial charge in [0.2, 0.25) is 15.9 Å². The molecule has 2 aliphatic rings. The average molecular weight is 373 g/mol. The number of halogens is 1. The van der Waals surface area contributed by atoms with E-state index >= 15 is 0 Å². The zero-order chi connectivity index (χ0) is 17.5. The number of hydrogen-bond donors (Lipinski definition) is 0. The molecule has 7 nitrogen and oxygen atoms in total. The Morgan fingerprint density at radius 1 is 1.29 bits per heavy atom. The summed E-state index contributed by atoms with van der Waals surface area (Å²) in [6.45, 7) is 3.34. The van der Waals surface area contributed by atoms with E-state index in [1.165, 1.54) is 18.2 Å². The van der Waals surface area contributed by atoms with E-state index in [4.69, 9.17) is 16.3 Å². The topological polar surface area (TPSA) is 84.0 Å². The summed E-state index contributed by atoms with van der Waals surface area (Å²) in [6, 6.07) is 4.25. The maximum atomic E-state index is 12.6. The number of morpholine rings is 1. The van der Waals surface area contributed by atoms with Crippen molar-refractivity contribution in [2.24, 2.45) is 5.92 Å². The van der Waals surface area contributed by atoms with Crippen molar-refractivity contribution in [3.63, 3.8) is 0 Å². The van der Waals surface area contributed by atoms with Gasteiger partial charge in [0.05, 0.1) is 41.2 Å². The van der Waals surface area contributed by atoms with E-state index in [9.17, 15) is 18.0 Å². The largest absolute Gasteiger partial charge is 0.378 e. The lowest BCUT2D eigenvalue weighted by molar-refractivity contribution is -0.119. The lowest BCUT2D eigenvalue weighted by atomic mass is 10.1. The van der Waals surface area contributed by atoms with E-state index < -0.39 is 21.8 Å². The van der Waals surface area contributed by atoms with Crippen molar-refractivity contribution in [1.29, 1.82) is 0 Å². The van der Waals surface area contributed by atoms with Gasteiger partial charge in [0.15, 0.2) is 0 Å². The van der Waals surface area contributed by atoms with Gasteiger partial charge in [0, 0.05) is 13.1 Å². The normalized spacial score (nSPS) is 23.6. The van der Waals surface area contributed by atoms with E-state index in [1.807, 2.05) is 0 Å². The third-order valence-electron chi connectivity index (χ3n) is 4.07. The third-order valence-corrected chi connectivity index (χ3v) is 6.27. The number of ether oxygens (including phenoxy) is 1. The Bertz CT molecular complexity index is 789. The van der Waals surface area contributed by atoms with Gasteiger partial charge in [-0.1, -0.05) is 18.5 Å². The van der Waals surface area contributed by atoms with Crippen LogP contribution in [0, 0.1) is 5.92 Å². The van der Waals surface area contributed by atoms with Gasteiger partial charge in [-0.2, -0.15) is 0 Å². The Kier molecular flexibility index (Phi) is 4.54. The second-order valence-corrected chi connectivity index (χ2v) is 8.12. The molecular weight excluding hydrogens is 356 g/mol. The molecule has 0 aromatic heterocycles. The molecule has 24 heavy (non-hydrogen) atoms. The lowest BCUT2D eigenvalue weighted by Gasteiger charge is -2.27. The van der Waals surface area contributed by atoms with Crippen molar-refractivity contribution in [3.05, 3.63) is 28.8 Å². The molecule has 0 aliphatic carbocycles. The number of anilines is 1. The highest BCUT2D eigenvalue weighted by molar-refractivity contribution is 7.94. The number of sulfonamides is 1. The fraction of sp³-hybridized carbons (Fsp3) is 0.467. The van der Waals surface area contributed by atoms with Gasteiger partial charge in [0.25, 0.3) is 5.91 Å². The Hall–Kier alpha value is -1.64. The van der Waals surface area contributed by atoms with Crippen molar-refractivity contribution in [1.82, 2.24) is 4.90 Å². The van der Waals surface area contributed by atoms with E-state index in [0.29, 0.717) is 26.3 Å². The Morgan fingerprint density at radius 3 is 2.54 bits per heavy atom. The van der Waals surface area contributed by atoms with Crippen LogP contribution in [0.5, 0.6) is 0 Å². The first-order chi connectivity index (χ1) is 11.3. The number of carbonyl (C=O) groups is 2. The number of benzene rings is 1.